The van der Waals surface area contributed by atoms with Gasteiger partial charge in [-0.15, -0.1) is 11.8 Å². The molecule has 0 aliphatic heterocycles. The summed E-state index contributed by atoms with van der Waals surface area (Å²) in [5.41, 5.74) is 5.72. The number of hydrogen-bond acceptors (Lipinski definition) is 2. The van der Waals surface area contributed by atoms with E-state index in [1.807, 2.05) is 0 Å². The average molecular weight is 203 g/mol. The number of halogens is 2. The van der Waals surface area contributed by atoms with Gasteiger partial charge in [0.15, 0.2) is 0 Å². The van der Waals surface area contributed by atoms with Crippen LogP contribution in [-0.4, -0.2) is 6.26 Å². The summed E-state index contributed by atoms with van der Waals surface area (Å²) >= 11 is 1.17. The summed E-state index contributed by atoms with van der Waals surface area (Å²) in [4.78, 5) is 0.298. The Morgan fingerprint density at radius 1 is 1.38 bits per heavy atom. The van der Waals surface area contributed by atoms with Gasteiger partial charge in [0.2, 0.25) is 0 Å². The zero-order valence-corrected chi connectivity index (χ0v) is 8.29. The Kier molecular flexibility index (Phi) is 3.27. The molecule has 0 aromatic heterocycles. The molecular formula is C9H11F2NS. The molecule has 72 valence electrons. The van der Waals surface area contributed by atoms with Gasteiger partial charge in [0.25, 0.3) is 0 Å². The molecule has 0 spiro atoms. The lowest BCUT2D eigenvalue weighted by molar-refractivity contribution is 0.548. The molecule has 1 atom stereocenters. The second-order valence-electron chi connectivity index (χ2n) is 2.80. The highest BCUT2D eigenvalue weighted by atomic mass is 32.2. The molecule has 1 aromatic carbocycles. The van der Waals surface area contributed by atoms with Crippen molar-refractivity contribution in [2.24, 2.45) is 5.73 Å². The summed E-state index contributed by atoms with van der Waals surface area (Å²) in [6, 6.07) is 1.83. The van der Waals surface area contributed by atoms with Gasteiger partial charge in [0.05, 0.1) is 0 Å². The summed E-state index contributed by atoms with van der Waals surface area (Å²) in [6.07, 6.45) is 1.70. The van der Waals surface area contributed by atoms with E-state index in [0.717, 1.165) is 6.07 Å². The largest absolute Gasteiger partial charge is 0.324 e. The maximum Gasteiger partial charge on any atom is 0.141 e. The third-order valence-electron chi connectivity index (χ3n) is 1.74. The van der Waals surface area contributed by atoms with Crippen molar-refractivity contribution in [1.82, 2.24) is 0 Å². The van der Waals surface area contributed by atoms with Crippen molar-refractivity contribution in [3.05, 3.63) is 29.3 Å². The maximum absolute atomic E-state index is 13.4. The fourth-order valence-electron chi connectivity index (χ4n) is 1.06. The molecule has 0 radical (unpaired) electrons. The summed E-state index contributed by atoms with van der Waals surface area (Å²) < 4.78 is 26.4. The molecular weight excluding hydrogens is 192 g/mol. The fraction of sp³-hybridized carbons (Fsp3) is 0.333. The van der Waals surface area contributed by atoms with Crippen molar-refractivity contribution < 1.29 is 8.78 Å². The van der Waals surface area contributed by atoms with Crippen LogP contribution < -0.4 is 5.73 Å². The van der Waals surface area contributed by atoms with E-state index in [0.29, 0.717) is 4.90 Å². The molecule has 0 heterocycles. The van der Waals surface area contributed by atoms with Gasteiger partial charge < -0.3 is 5.73 Å². The molecule has 1 aromatic rings. The van der Waals surface area contributed by atoms with Crippen LogP contribution in [0.3, 0.4) is 0 Å². The van der Waals surface area contributed by atoms with Crippen molar-refractivity contribution in [3.63, 3.8) is 0 Å². The molecule has 1 nitrogen and oxygen atoms in total. The van der Waals surface area contributed by atoms with E-state index in [-0.39, 0.29) is 5.56 Å². The number of thioether (sulfide) groups is 1. The Hall–Kier alpha value is -0.610. The molecule has 0 amide bonds. The summed E-state index contributed by atoms with van der Waals surface area (Å²) in [5, 5.41) is 0. The molecule has 0 bridgehead atoms. The van der Waals surface area contributed by atoms with Gasteiger partial charge in [-0.3, -0.25) is 0 Å². The average Bonchev–Trinajstić information content (AvgIpc) is 2.08. The molecule has 0 saturated heterocycles. The van der Waals surface area contributed by atoms with Crippen molar-refractivity contribution in [2.45, 2.75) is 17.9 Å². The minimum absolute atomic E-state index is 0.226. The highest BCUT2D eigenvalue weighted by Gasteiger charge is 2.12. The molecule has 0 aliphatic rings. The van der Waals surface area contributed by atoms with E-state index < -0.39 is 17.7 Å². The summed E-state index contributed by atoms with van der Waals surface area (Å²) in [5.74, 6) is -0.859. The highest BCUT2D eigenvalue weighted by molar-refractivity contribution is 7.98. The van der Waals surface area contributed by atoms with Crippen molar-refractivity contribution in [1.29, 1.82) is 0 Å². The number of hydrogen-bond donors (Lipinski definition) is 1. The second-order valence-corrected chi connectivity index (χ2v) is 3.65. The van der Waals surface area contributed by atoms with Crippen LogP contribution in [-0.2, 0) is 0 Å². The van der Waals surface area contributed by atoms with E-state index in [1.165, 1.54) is 17.8 Å². The van der Waals surface area contributed by atoms with Crippen molar-refractivity contribution >= 4 is 11.8 Å². The molecule has 0 fully saturated rings. The lowest BCUT2D eigenvalue weighted by atomic mass is 10.1. The second kappa shape index (κ2) is 4.07. The first-order valence-electron chi connectivity index (χ1n) is 3.84. The molecule has 1 unspecified atom stereocenters. The standard InChI is InChI=1S/C9H11F2NS/c1-5(12)7-3-6(10)4-8(13-2)9(7)11/h3-5H,12H2,1-2H3. The van der Waals surface area contributed by atoms with Crippen LogP contribution in [0.5, 0.6) is 0 Å². The lowest BCUT2D eigenvalue weighted by Crippen LogP contribution is -2.08. The first kappa shape index (κ1) is 10.5. The summed E-state index contributed by atoms with van der Waals surface area (Å²) in [6.45, 7) is 1.63. The minimum atomic E-state index is -0.485. The Bertz CT molecular complexity index is 313. The summed E-state index contributed by atoms with van der Waals surface area (Å²) in [7, 11) is 0. The maximum atomic E-state index is 13.4. The Balaban J connectivity index is 3.27. The van der Waals surface area contributed by atoms with Crippen molar-refractivity contribution in [2.75, 3.05) is 6.26 Å². The third-order valence-corrected chi connectivity index (χ3v) is 2.48. The molecule has 0 saturated carbocycles. The lowest BCUT2D eigenvalue weighted by Gasteiger charge is -2.09. The predicted octanol–water partition coefficient (Wildman–Crippen LogP) is 2.71. The first-order chi connectivity index (χ1) is 6.06. The van der Waals surface area contributed by atoms with E-state index in [4.69, 9.17) is 5.73 Å². The fourth-order valence-corrected chi connectivity index (χ4v) is 1.59. The Morgan fingerprint density at radius 3 is 2.46 bits per heavy atom. The van der Waals surface area contributed by atoms with Gasteiger partial charge in [-0.05, 0) is 25.3 Å². The number of benzene rings is 1. The smallest absolute Gasteiger partial charge is 0.141 e. The van der Waals surface area contributed by atoms with Gasteiger partial charge in [0.1, 0.15) is 11.6 Å². The molecule has 2 N–H and O–H groups in total. The van der Waals surface area contributed by atoms with Gasteiger partial charge in [-0.25, -0.2) is 8.78 Å². The van der Waals surface area contributed by atoms with Crippen LogP contribution in [0.4, 0.5) is 8.78 Å². The van der Waals surface area contributed by atoms with E-state index >= 15 is 0 Å². The monoisotopic (exact) mass is 203 g/mol. The molecule has 1 rings (SSSR count). The minimum Gasteiger partial charge on any atom is -0.324 e. The molecule has 0 aliphatic carbocycles. The zero-order valence-electron chi connectivity index (χ0n) is 7.47. The highest BCUT2D eigenvalue weighted by Crippen LogP contribution is 2.26. The normalized spacial score (nSPS) is 13.0. The first-order valence-corrected chi connectivity index (χ1v) is 5.07. The number of nitrogens with two attached hydrogens (primary N) is 1. The van der Waals surface area contributed by atoms with Crippen LogP contribution >= 0.6 is 11.8 Å². The third kappa shape index (κ3) is 2.19. The van der Waals surface area contributed by atoms with Crippen LogP contribution in [0.2, 0.25) is 0 Å². The zero-order chi connectivity index (χ0) is 10.0. The van der Waals surface area contributed by atoms with Gasteiger partial charge >= 0.3 is 0 Å². The van der Waals surface area contributed by atoms with Crippen LogP contribution in [0, 0.1) is 11.6 Å². The number of rotatable bonds is 2. The quantitative estimate of drug-likeness (QED) is 0.748. The van der Waals surface area contributed by atoms with Crippen molar-refractivity contribution in [3.8, 4) is 0 Å². The van der Waals surface area contributed by atoms with E-state index in [1.54, 1.807) is 13.2 Å². The van der Waals surface area contributed by atoms with Crippen LogP contribution in [0.15, 0.2) is 17.0 Å². The van der Waals surface area contributed by atoms with Gasteiger partial charge in [0, 0.05) is 16.5 Å². The predicted molar refractivity (Wildman–Crippen MR) is 50.7 cm³/mol. The Morgan fingerprint density at radius 2 is 2.00 bits per heavy atom. The van der Waals surface area contributed by atoms with E-state index in [9.17, 15) is 8.78 Å². The SMILES string of the molecule is CSc1cc(F)cc(C(C)N)c1F. The topological polar surface area (TPSA) is 26.0 Å². The molecule has 13 heavy (non-hydrogen) atoms. The van der Waals surface area contributed by atoms with Crippen LogP contribution in [0.1, 0.15) is 18.5 Å². The molecule has 4 heteroatoms. The van der Waals surface area contributed by atoms with E-state index in [2.05, 4.69) is 0 Å². The van der Waals surface area contributed by atoms with Gasteiger partial charge in [-0.1, -0.05) is 0 Å². The van der Waals surface area contributed by atoms with Gasteiger partial charge in [-0.2, -0.15) is 0 Å². The van der Waals surface area contributed by atoms with Crippen LogP contribution in [0.25, 0.3) is 0 Å². The Labute approximate surface area is 80.3 Å².